The fraction of sp³-hybridized carbons (Fsp3) is 0.462. The van der Waals surface area contributed by atoms with Gasteiger partial charge in [0.1, 0.15) is 6.04 Å². The quantitative estimate of drug-likeness (QED) is 0.481. The number of benzene rings is 2. The molecular formula is C26H35N3O4S. The van der Waals surface area contributed by atoms with E-state index in [-0.39, 0.29) is 28.5 Å². The summed E-state index contributed by atoms with van der Waals surface area (Å²) >= 11 is 0. The van der Waals surface area contributed by atoms with Crippen LogP contribution in [0.5, 0.6) is 0 Å². The molecule has 3 N–H and O–H groups in total. The molecule has 3 rings (SSSR count). The van der Waals surface area contributed by atoms with Gasteiger partial charge in [-0.15, -0.1) is 0 Å². The molecule has 0 saturated heterocycles. The Morgan fingerprint density at radius 1 is 0.971 bits per heavy atom. The molecule has 0 radical (unpaired) electrons. The highest BCUT2D eigenvalue weighted by Gasteiger charge is 2.29. The molecule has 1 atom stereocenters. The average molecular weight is 486 g/mol. The lowest BCUT2D eigenvalue weighted by Gasteiger charge is -2.28. The number of carbonyl (C=O) groups excluding carboxylic acids is 2. The van der Waals surface area contributed by atoms with Gasteiger partial charge in [0.25, 0.3) is 0 Å². The number of nitrogens with one attached hydrogen (secondary N) is 3. The summed E-state index contributed by atoms with van der Waals surface area (Å²) < 4.78 is 27.7. The molecule has 1 saturated carbocycles. The summed E-state index contributed by atoms with van der Waals surface area (Å²) in [5, 5.41) is 5.71. The second-order valence-electron chi connectivity index (χ2n) is 9.14. The summed E-state index contributed by atoms with van der Waals surface area (Å²) in [5.41, 5.74) is 2.16. The van der Waals surface area contributed by atoms with E-state index in [0.29, 0.717) is 25.9 Å². The zero-order valence-electron chi connectivity index (χ0n) is 19.9. The maximum atomic E-state index is 12.6. The summed E-state index contributed by atoms with van der Waals surface area (Å²) in [6, 6.07) is 16.1. The molecule has 0 bridgehead atoms. The van der Waals surface area contributed by atoms with Crippen LogP contribution in [0.2, 0.25) is 0 Å². The van der Waals surface area contributed by atoms with Gasteiger partial charge in [0.05, 0.1) is 4.90 Å². The minimum atomic E-state index is -3.53. The van der Waals surface area contributed by atoms with Crippen molar-refractivity contribution >= 4 is 21.8 Å². The number of aryl methyl sites for hydroxylation is 1. The van der Waals surface area contributed by atoms with Crippen LogP contribution in [0.4, 0.5) is 0 Å². The first kappa shape index (κ1) is 25.9. The van der Waals surface area contributed by atoms with E-state index in [2.05, 4.69) is 15.4 Å². The van der Waals surface area contributed by atoms with E-state index in [4.69, 9.17) is 0 Å². The van der Waals surface area contributed by atoms with Gasteiger partial charge in [0.2, 0.25) is 21.8 Å². The number of hydrogen-bond donors (Lipinski definition) is 3. The normalized spacial score (nSPS) is 19.2. The molecule has 2 aromatic carbocycles. The van der Waals surface area contributed by atoms with Crippen molar-refractivity contribution in [2.75, 3.05) is 13.1 Å². The Bertz CT molecular complexity index is 1050. The largest absolute Gasteiger partial charge is 0.354 e. The highest BCUT2D eigenvalue weighted by atomic mass is 32.2. The van der Waals surface area contributed by atoms with Gasteiger partial charge in [-0.3, -0.25) is 9.59 Å². The second-order valence-corrected chi connectivity index (χ2v) is 10.9. The van der Waals surface area contributed by atoms with Gasteiger partial charge < -0.3 is 10.6 Å². The second kappa shape index (κ2) is 12.1. The number of carbonyl (C=O) groups is 2. The maximum absolute atomic E-state index is 12.6. The number of sulfonamides is 1. The monoisotopic (exact) mass is 485 g/mol. The molecule has 1 fully saturated rings. The van der Waals surface area contributed by atoms with Gasteiger partial charge in [0, 0.05) is 19.0 Å². The molecule has 1 aliphatic carbocycles. The van der Waals surface area contributed by atoms with Crippen molar-refractivity contribution in [3.05, 3.63) is 65.7 Å². The van der Waals surface area contributed by atoms with Crippen molar-refractivity contribution < 1.29 is 18.0 Å². The lowest BCUT2D eigenvalue weighted by molar-refractivity contribution is -0.131. The van der Waals surface area contributed by atoms with Gasteiger partial charge in [-0.2, -0.15) is 0 Å². The zero-order chi connectivity index (χ0) is 24.6. The van der Waals surface area contributed by atoms with Gasteiger partial charge in [0.15, 0.2) is 0 Å². The van der Waals surface area contributed by atoms with Crippen molar-refractivity contribution in [3.8, 4) is 0 Å². The van der Waals surface area contributed by atoms with Crippen LogP contribution < -0.4 is 15.4 Å². The van der Waals surface area contributed by atoms with Gasteiger partial charge in [-0.25, -0.2) is 13.1 Å². The minimum absolute atomic E-state index is 0.107. The smallest absolute Gasteiger partial charge is 0.242 e. The average Bonchev–Trinajstić information content (AvgIpc) is 2.84. The van der Waals surface area contributed by atoms with Crippen molar-refractivity contribution in [2.45, 2.75) is 56.9 Å². The summed E-state index contributed by atoms with van der Waals surface area (Å²) in [7, 11) is -3.53. The Labute approximate surface area is 202 Å². The van der Waals surface area contributed by atoms with E-state index < -0.39 is 16.1 Å². The molecule has 8 heteroatoms. The van der Waals surface area contributed by atoms with Crippen molar-refractivity contribution in [1.82, 2.24) is 15.4 Å². The minimum Gasteiger partial charge on any atom is -0.354 e. The molecule has 1 aliphatic rings. The molecule has 7 nitrogen and oxygen atoms in total. The molecule has 2 aromatic rings. The van der Waals surface area contributed by atoms with Crippen LogP contribution in [0.1, 0.15) is 43.7 Å². The molecule has 184 valence electrons. The van der Waals surface area contributed by atoms with Crippen LogP contribution in [-0.4, -0.2) is 39.4 Å². The molecule has 0 unspecified atom stereocenters. The van der Waals surface area contributed by atoms with Crippen molar-refractivity contribution in [2.24, 2.45) is 11.8 Å². The number of hydrogen-bond acceptors (Lipinski definition) is 4. The predicted molar refractivity (Wildman–Crippen MR) is 133 cm³/mol. The molecule has 0 spiro atoms. The summed E-state index contributed by atoms with van der Waals surface area (Å²) in [5.74, 6) is -0.250. The fourth-order valence-electron chi connectivity index (χ4n) is 4.18. The van der Waals surface area contributed by atoms with Crippen LogP contribution >= 0.6 is 0 Å². The third-order valence-corrected chi connectivity index (χ3v) is 7.86. The number of rotatable bonds is 10. The van der Waals surface area contributed by atoms with Crippen LogP contribution in [0.15, 0.2) is 59.5 Å². The van der Waals surface area contributed by atoms with Crippen molar-refractivity contribution in [3.63, 3.8) is 0 Å². The maximum Gasteiger partial charge on any atom is 0.242 e. The van der Waals surface area contributed by atoms with Crippen molar-refractivity contribution in [1.29, 1.82) is 0 Å². The first-order chi connectivity index (χ1) is 16.2. The Morgan fingerprint density at radius 2 is 1.62 bits per heavy atom. The summed E-state index contributed by atoms with van der Waals surface area (Å²) in [6.07, 6.45) is 3.65. The van der Waals surface area contributed by atoms with E-state index >= 15 is 0 Å². The first-order valence-corrected chi connectivity index (χ1v) is 13.4. The molecular weight excluding hydrogens is 450 g/mol. The molecule has 0 heterocycles. The Hall–Kier alpha value is -2.71. The lowest BCUT2D eigenvalue weighted by atomic mass is 9.81. The molecule has 0 aromatic heterocycles. The Morgan fingerprint density at radius 3 is 2.26 bits per heavy atom. The third-order valence-electron chi connectivity index (χ3n) is 6.42. The van der Waals surface area contributed by atoms with Crippen LogP contribution in [0, 0.1) is 18.8 Å². The molecule has 2 amide bonds. The van der Waals surface area contributed by atoms with Crippen LogP contribution in [0.3, 0.4) is 0 Å². The van der Waals surface area contributed by atoms with Crippen LogP contribution in [0.25, 0.3) is 0 Å². The van der Waals surface area contributed by atoms with Crippen LogP contribution in [-0.2, 0) is 26.0 Å². The Kier molecular flexibility index (Phi) is 9.24. The predicted octanol–water partition coefficient (Wildman–Crippen LogP) is 2.94. The summed E-state index contributed by atoms with van der Waals surface area (Å²) in [6.45, 7) is 4.50. The summed E-state index contributed by atoms with van der Waals surface area (Å²) in [4.78, 5) is 25.2. The standard InChI is InChI=1S/C26H35N3O4S/c1-19-8-14-24(15-9-19)34(32,33)28-18-22-10-12-23(13-11-22)26(31)29-20(2)25(30)27-17-16-21-6-4-3-5-7-21/h3-9,14-15,20,22-23,28H,10-13,16-18H2,1-2H3,(H,27,30)(H,29,31)/t20-,22?,23?/m0/s1. The SMILES string of the molecule is Cc1ccc(S(=O)(=O)NCC2CCC(C(=O)N[C@@H](C)C(=O)NCCc3ccccc3)CC2)cc1. The van der Waals surface area contributed by atoms with Gasteiger partial charge in [-0.1, -0.05) is 48.0 Å². The molecule has 0 aliphatic heterocycles. The molecule has 34 heavy (non-hydrogen) atoms. The van der Waals surface area contributed by atoms with E-state index in [1.54, 1.807) is 31.2 Å². The third kappa shape index (κ3) is 7.67. The zero-order valence-corrected chi connectivity index (χ0v) is 20.7. The first-order valence-electron chi connectivity index (χ1n) is 11.9. The topological polar surface area (TPSA) is 104 Å². The van der Waals surface area contributed by atoms with E-state index in [0.717, 1.165) is 30.4 Å². The van der Waals surface area contributed by atoms with E-state index in [9.17, 15) is 18.0 Å². The van der Waals surface area contributed by atoms with E-state index in [1.807, 2.05) is 37.3 Å². The number of amides is 2. The van der Waals surface area contributed by atoms with E-state index in [1.165, 1.54) is 0 Å². The van der Waals surface area contributed by atoms with Gasteiger partial charge in [-0.05, 0) is 69.6 Å². The Balaban J connectivity index is 1.36. The highest BCUT2D eigenvalue weighted by Crippen LogP contribution is 2.29. The lowest BCUT2D eigenvalue weighted by Crippen LogP contribution is -2.47. The highest BCUT2D eigenvalue weighted by molar-refractivity contribution is 7.89. The van der Waals surface area contributed by atoms with Gasteiger partial charge >= 0.3 is 0 Å². The fourth-order valence-corrected chi connectivity index (χ4v) is 5.30.